The van der Waals surface area contributed by atoms with Crippen molar-refractivity contribution in [3.05, 3.63) is 57.2 Å². The largest absolute Gasteiger partial charge is 0.481 e. The molecule has 1 aromatic carbocycles. The molecule has 0 atom stereocenters. The van der Waals surface area contributed by atoms with Crippen LogP contribution in [0.3, 0.4) is 0 Å². The highest BCUT2D eigenvalue weighted by Crippen LogP contribution is 2.35. The fraction of sp³-hybridized carbons (Fsp3) is 0.118. The Hall–Kier alpha value is -2.56. The van der Waals surface area contributed by atoms with Crippen LogP contribution in [-0.2, 0) is 4.79 Å². The van der Waals surface area contributed by atoms with Crippen molar-refractivity contribution in [2.24, 2.45) is 0 Å². The first kappa shape index (κ1) is 19.2. The van der Waals surface area contributed by atoms with Crippen LogP contribution in [0, 0.1) is 10.1 Å². The fourth-order valence-corrected chi connectivity index (χ4v) is 4.18. The third-order valence-electron chi connectivity index (χ3n) is 3.66. The minimum Gasteiger partial charge on any atom is -0.481 e. The Morgan fingerprint density at radius 1 is 1.33 bits per heavy atom. The van der Waals surface area contributed by atoms with Crippen LogP contribution in [0.1, 0.15) is 12.2 Å². The second-order valence-electron chi connectivity index (χ2n) is 5.49. The van der Waals surface area contributed by atoms with E-state index in [1.54, 1.807) is 35.2 Å². The highest BCUT2D eigenvalue weighted by Gasteiger charge is 2.29. The molecule has 1 aliphatic rings. The molecule has 1 saturated heterocycles. The van der Waals surface area contributed by atoms with Gasteiger partial charge in [-0.15, -0.1) is 0 Å². The fourth-order valence-electron chi connectivity index (χ4n) is 2.39. The summed E-state index contributed by atoms with van der Waals surface area (Å²) in [5, 5.41) is 19.7. The molecule has 2 heterocycles. The lowest BCUT2D eigenvalue weighted by atomic mass is 10.1. The van der Waals surface area contributed by atoms with Gasteiger partial charge in [0.15, 0.2) is 0 Å². The Balaban J connectivity index is 1.80. The average Bonchev–Trinajstić information content (AvgIpc) is 3.19. The van der Waals surface area contributed by atoms with Crippen LogP contribution in [-0.4, -0.2) is 36.8 Å². The Morgan fingerprint density at radius 2 is 2.11 bits per heavy atom. The van der Waals surface area contributed by atoms with E-state index in [0.29, 0.717) is 31.3 Å². The first-order valence-corrected chi connectivity index (χ1v) is 9.30. The highest BCUT2D eigenvalue weighted by atomic mass is 32.2. The van der Waals surface area contributed by atoms with E-state index in [4.69, 9.17) is 34.0 Å². The number of benzene rings is 1. The lowest BCUT2D eigenvalue weighted by molar-refractivity contribution is -0.384. The van der Waals surface area contributed by atoms with E-state index >= 15 is 0 Å². The SMILES string of the molecule is O=C(O)CCN1C(=S)S/C(=C/c2ccc(-c3cccc([N+](=O)[O-])c3)o2)C1=S. The lowest BCUT2D eigenvalue weighted by Crippen LogP contribution is -2.29. The van der Waals surface area contributed by atoms with Gasteiger partial charge in [-0.05, 0) is 18.2 Å². The van der Waals surface area contributed by atoms with Gasteiger partial charge in [0, 0.05) is 24.2 Å². The number of furan rings is 1. The molecule has 0 saturated carbocycles. The summed E-state index contributed by atoms with van der Waals surface area (Å²) in [5.41, 5.74) is 0.574. The third kappa shape index (κ3) is 4.41. The zero-order valence-corrected chi connectivity index (χ0v) is 16.1. The zero-order valence-electron chi connectivity index (χ0n) is 13.7. The number of carbonyl (C=O) groups is 1. The Bertz CT molecular complexity index is 982. The van der Waals surface area contributed by atoms with Crippen molar-refractivity contribution in [2.45, 2.75) is 6.42 Å². The van der Waals surface area contributed by atoms with E-state index in [-0.39, 0.29) is 18.7 Å². The van der Waals surface area contributed by atoms with Gasteiger partial charge in [0.1, 0.15) is 20.8 Å². The zero-order chi connectivity index (χ0) is 19.6. The maximum absolute atomic E-state index is 10.9. The lowest BCUT2D eigenvalue weighted by Gasteiger charge is -2.14. The van der Waals surface area contributed by atoms with Crippen molar-refractivity contribution in [3.8, 4) is 11.3 Å². The molecular formula is C17H12N2O5S3. The van der Waals surface area contributed by atoms with Crippen molar-refractivity contribution in [1.82, 2.24) is 4.90 Å². The van der Waals surface area contributed by atoms with Crippen LogP contribution in [0.4, 0.5) is 5.69 Å². The molecule has 0 amide bonds. The predicted octanol–water partition coefficient (Wildman–Crippen LogP) is 4.33. The molecule has 138 valence electrons. The predicted molar refractivity (Wildman–Crippen MR) is 111 cm³/mol. The average molecular weight is 420 g/mol. The maximum atomic E-state index is 10.9. The number of carboxylic acids is 1. The standard InChI is InChI=1S/C17H12N2O5S3/c20-15(21)6-7-18-16(25)14(27-17(18)26)9-12-4-5-13(24-12)10-2-1-3-11(8-10)19(22)23/h1-5,8-9H,6-7H2,(H,20,21)/b14-9+. The molecule has 1 fully saturated rings. The summed E-state index contributed by atoms with van der Waals surface area (Å²) in [4.78, 5) is 24.0. The Kier molecular flexibility index (Phi) is 5.68. The van der Waals surface area contributed by atoms with E-state index in [9.17, 15) is 14.9 Å². The maximum Gasteiger partial charge on any atom is 0.305 e. The first-order chi connectivity index (χ1) is 12.8. The number of nitro benzene ring substituents is 1. The molecule has 0 bridgehead atoms. The van der Waals surface area contributed by atoms with Crippen LogP contribution in [0.15, 0.2) is 45.7 Å². The minimum atomic E-state index is -0.921. The van der Waals surface area contributed by atoms with Gasteiger partial charge in [0.05, 0.1) is 16.2 Å². The van der Waals surface area contributed by atoms with Gasteiger partial charge >= 0.3 is 5.97 Å². The monoisotopic (exact) mass is 420 g/mol. The first-order valence-electron chi connectivity index (χ1n) is 7.67. The number of hydrogen-bond donors (Lipinski definition) is 1. The number of aliphatic carboxylic acids is 1. The molecule has 2 aromatic rings. The molecule has 0 unspecified atom stereocenters. The van der Waals surface area contributed by atoms with Gasteiger partial charge in [-0.1, -0.05) is 48.3 Å². The van der Waals surface area contributed by atoms with Crippen LogP contribution < -0.4 is 0 Å². The summed E-state index contributed by atoms with van der Waals surface area (Å²) in [6, 6.07) is 9.61. The summed E-state index contributed by atoms with van der Waals surface area (Å²) < 4.78 is 6.25. The van der Waals surface area contributed by atoms with Gasteiger partial charge in [-0.25, -0.2) is 0 Å². The van der Waals surface area contributed by atoms with Crippen LogP contribution in [0.25, 0.3) is 17.4 Å². The normalized spacial score (nSPS) is 15.6. The van der Waals surface area contributed by atoms with Crippen LogP contribution >= 0.6 is 36.2 Å². The molecular weight excluding hydrogens is 408 g/mol. The van der Waals surface area contributed by atoms with Crippen molar-refractivity contribution in [1.29, 1.82) is 0 Å². The summed E-state index contributed by atoms with van der Waals surface area (Å²) in [7, 11) is 0. The van der Waals surface area contributed by atoms with E-state index < -0.39 is 10.9 Å². The number of hydrogen-bond acceptors (Lipinski definition) is 7. The van der Waals surface area contributed by atoms with Gasteiger partial charge in [0.25, 0.3) is 5.69 Å². The molecule has 1 aliphatic heterocycles. The summed E-state index contributed by atoms with van der Waals surface area (Å²) in [6.07, 6.45) is 1.66. The minimum absolute atomic E-state index is 0.0178. The number of carboxylic acid groups (broad SMARTS) is 1. The van der Waals surface area contributed by atoms with Gasteiger partial charge in [0.2, 0.25) is 0 Å². The molecule has 3 rings (SSSR count). The quantitative estimate of drug-likeness (QED) is 0.317. The molecule has 7 nitrogen and oxygen atoms in total. The van der Waals surface area contributed by atoms with Crippen LogP contribution in [0.5, 0.6) is 0 Å². The Morgan fingerprint density at radius 3 is 2.81 bits per heavy atom. The molecule has 0 radical (unpaired) electrons. The van der Waals surface area contributed by atoms with E-state index in [2.05, 4.69) is 0 Å². The number of rotatable bonds is 6. The summed E-state index contributed by atoms with van der Waals surface area (Å²) in [5.74, 6) is 0.0877. The molecule has 0 aliphatic carbocycles. The van der Waals surface area contributed by atoms with Crippen LogP contribution in [0.2, 0.25) is 0 Å². The smallest absolute Gasteiger partial charge is 0.305 e. The van der Waals surface area contributed by atoms with E-state index in [1.165, 1.54) is 23.9 Å². The third-order valence-corrected chi connectivity index (χ3v) is 5.63. The number of nitro groups is 1. The molecule has 10 heteroatoms. The van der Waals surface area contributed by atoms with Gasteiger partial charge < -0.3 is 14.4 Å². The number of non-ortho nitro benzene ring substituents is 1. The van der Waals surface area contributed by atoms with Crippen molar-refractivity contribution in [2.75, 3.05) is 6.54 Å². The molecule has 1 aromatic heterocycles. The number of nitrogens with zero attached hydrogens (tertiary/aromatic N) is 2. The second kappa shape index (κ2) is 7.99. The summed E-state index contributed by atoms with van der Waals surface area (Å²) >= 11 is 11.9. The van der Waals surface area contributed by atoms with Gasteiger partial charge in [-0.3, -0.25) is 14.9 Å². The number of thiocarbonyl (C=S) groups is 2. The number of thioether (sulfide) groups is 1. The molecule has 1 N–H and O–H groups in total. The van der Waals surface area contributed by atoms with Crippen molar-refractivity contribution >= 4 is 63.2 Å². The van der Waals surface area contributed by atoms with E-state index in [1.807, 2.05) is 0 Å². The second-order valence-corrected chi connectivity index (χ2v) is 7.55. The molecule has 27 heavy (non-hydrogen) atoms. The highest BCUT2D eigenvalue weighted by molar-refractivity contribution is 8.27. The topological polar surface area (TPSA) is 96.8 Å². The van der Waals surface area contributed by atoms with Crippen molar-refractivity contribution < 1.29 is 19.2 Å². The molecule has 0 spiro atoms. The van der Waals surface area contributed by atoms with Gasteiger partial charge in [-0.2, -0.15) is 0 Å². The summed E-state index contributed by atoms with van der Waals surface area (Å²) in [6.45, 7) is 0.217. The van der Waals surface area contributed by atoms with E-state index in [0.717, 1.165) is 0 Å². The van der Waals surface area contributed by atoms with Crippen molar-refractivity contribution in [3.63, 3.8) is 0 Å². The Labute approximate surface area is 168 Å².